The Morgan fingerprint density at radius 1 is 1.19 bits per heavy atom. The number of carbonyl (C=O) groups is 1. The molecule has 0 unspecified atom stereocenters. The van der Waals surface area contributed by atoms with Gasteiger partial charge in [0.2, 0.25) is 0 Å². The third-order valence-electron chi connectivity index (χ3n) is 4.71. The van der Waals surface area contributed by atoms with Crippen LogP contribution >= 0.6 is 0 Å². The lowest BCUT2D eigenvalue weighted by Gasteiger charge is -2.26. The molecular formula is C21H26N4O. The molecule has 0 saturated carbocycles. The van der Waals surface area contributed by atoms with Crippen molar-refractivity contribution in [3.05, 3.63) is 59.7 Å². The minimum absolute atomic E-state index is 0.0579. The van der Waals surface area contributed by atoms with Crippen LogP contribution in [0.15, 0.2) is 42.7 Å². The van der Waals surface area contributed by atoms with Gasteiger partial charge in [0.1, 0.15) is 0 Å². The first-order valence-corrected chi connectivity index (χ1v) is 9.29. The molecule has 5 heteroatoms. The van der Waals surface area contributed by atoms with Crippen LogP contribution in [0.1, 0.15) is 43.1 Å². The number of hydrogen-bond acceptors (Lipinski definition) is 3. The largest absolute Gasteiger partial charge is 0.322 e. The normalized spacial score (nSPS) is 14.1. The van der Waals surface area contributed by atoms with Crippen LogP contribution in [0.5, 0.6) is 0 Å². The summed E-state index contributed by atoms with van der Waals surface area (Å²) < 4.78 is 0. The van der Waals surface area contributed by atoms with Crippen LogP contribution in [0.4, 0.5) is 10.5 Å². The van der Waals surface area contributed by atoms with Crippen LogP contribution in [0.25, 0.3) is 5.57 Å². The second-order valence-electron chi connectivity index (χ2n) is 6.65. The summed E-state index contributed by atoms with van der Waals surface area (Å²) in [7, 11) is 0. The average Bonchev–Trinajstić information content (AvgIpc) is 2.68. The van der Waals surface area contributed by atoms with E-state index in [1.165, 1.54) is 24.0 Å². The zero-order valence-electron chi connectivity index (χ0n) is 15.5. The third-order valence-corrected chi connectivity index (χ3v) is 4.71. The summed E-state index contributed by atoms with van der Waals surface area (Å²) in [5.74, 6) is 0. The van der Waals surface area contributed by atoms with E-state index in [4.69, 9.17) is 0 Å². The molecule has 2 aromatic rings. The van der Waals surface area contributed by atoms with Gasteiger partial charge in [-0.05, 0) is 49.5 Å². The second kappa shape index (κ2) is 8.61. The fourth-order valence-corrected chi connectivity index (χ4v) is 3.13. The molecule has 1 aliphatic heterocycles. The van der Waals surface area contributed by atoms with Gasteiger partial charge in [-0.3, -0.25) is 9.97 Å². The lowest BCUT2D eigenvalue weighted by Crippen LogP contribution is -2.38. The maximum Gasteiger partial charge on any atom is 0.322 e. The lowest BCUT2D eigenvalue weighted by atomic mass is 10.0. The number of hydrogen-bond donors (Lipinski definition) is 1. The molecule has 2 amide bonds. The van der Waals surface area contributed by atoms with Crippen LogP contribution in [0, 0.1) is 6.92 Å². The maximum atomic E-state index is 12.5. The quantitative estimate of drug-likeness (QED) is 0.867. The second-order valence-corrected chi connectivity index (χ2v) is 6.65. The first-order valence-electron chi connectivity index (χ1n) is 9.29. The standard InChI is InChI=1S/C21H26N4O/c1-3-4-5-17-6-8-19(9-7-17)24-21(26)25-14-10-18(11-15-25)20-16(2)22-12-13-23-20/h6-10,12-13H,3-5,11,14-15H2,1-2H3,(H,24,26). The number of aromatic nitrogens is 2. The highest BCUT2D eigenvalue weighted by molar-refractivity contribution is 5.90. The molecule has 26 heavy (non-hydrogen) atoms. The van der Waals surface area contributed by atoms with Crippen LogP contribution in [-0.2, 0) is 6.42 Å². The van der Waals surface area contributed by atoms with Crippen LogP contribution in [0.3, 0.4) is 0 Å². The predicted molar refractivity (Wildman–Crippen MR) is 105 cm³/mol. The molecule has 0 atom stereocenters. The smallest absolute Gasteiger partial charge is 0.320 e. The average molecular weight is 350 g/mol. The van der Waals surface area contributed by atoms with Gasteiger partial charge >= 0.3 is 6.03 Å². The molecule has 3 rings (SSSR count). The van der Waals surface area contributed by atoms with Gasteiger partial charge in [-0.25, -0.2) is 4.79 Å². The van der Waals surface area contributed by atoms with E-state index in [-0.39, 0.29) is 6.03 Å². The van der Waals surface area contributed by atoms with E-state index in [1.807, 2.05) is 24.0 Å². The number of urea groups is 1. The number of carbonyl (C=O) groups excluding carboxylic acids is 1. The van der Waals surface area contributed by atoms with E-state index in [0.29, 0.717) is 13.1 Å². The molecule has 136 valence electrons. The zero-order valence-corrected chi connectivity index (χ0v) is 15.5. The molecule has 2 heterocycles. The number of nitrogens with one attached hydrogen (secondary N) is 1. The van der Waals surface area contributed by atoms with Crippen molar-refractivity contribution in [2.75, 3.05) is 18.4 Å². The first-order chi connectivity index (χ1) is 12.7. The fraction of sp³-hybridized carbons (Fsp3) is 0.381. The summed E-state index contributed by atoms with van der Waals surface area (Å²) in [4.78, 5) is 23.0. The Bertz CT molecular complexity index is 783. The summed E-state index contributed by atoms with van der Waals surface area (Å²) >= 11 is 0. The molecule has 0 aliphatic carbocycles. The Balaban J connectivity index is 1.57. The van der Waals surface area contributed by atoms with E-state index < -0.39 is 0 Å². The minimum Gasteiger partial charge on any atom is -0.320 e. The van der Waals surface area contributed by atoms with Crippen molar-refractivity contribution in [3.8, 4) is 0 Å². The monoisotopic (exact) mass is 350 g/mol. The van der Waals surface area contributed by atoms with Crippen molar-refractivity contribution < 1.29 is 4.79 Å². The van der Waals surface area contributed by atoms with Crippen molar-refractivity contribution in [1.82, 2.24) is 14.9 Å². The SMILES string of the molecule is CCCCc1ccc(NC(=O)N2CC=C(c3nccnc3C)CC2)cc1. The molecule has 1 aromatic heterocycles. The number of rotatable bonds is 5. The summed E-state index contributed by atoms with van der Waals surface area (Å²) in [5, 5.41) is 2.99. The first kappa shape index (κ1) is 18.1. The molecule has 1 aromatic carbocycles. The number of nitrogens with zero attached hydrogens (tertiary/aromatic N) is 3. The van der Waals surface area contributed by atoms with Crippen molar-refractivity contribution in [2.24, 2.45) is 0 Å². The highest BCUT2D eigenvalue weighted by atomic mass is 16.2. The molecule has 1 aliphatic rings. The van der Waals surface area contributed by atoms with Gasteiger partial charge in [0.15, 0.2) is 0 Å². The minimum atomic E-state index is -0.0579. The lowest BCUT2D eigenvalue weighted by molar-refractivity contribution is 0.217. The van der Waals surface area contributed by atoms with Gasteiger partial charge in [0.05, 0.1) is 11.4 Å². The molecule has 0 spiro atoms. The van der Waals surface area contributed by atoms with E-state index >= 15 is 0 Å². The molecular weight excluding hydrogens is 324 g/mol. The summed E-state index contributed by atoms with van der Waals surface area (Å²) in [6.45, 7) is 5.43. The topological polar surface area (TPSA) is 58.1 Å². The molecule has 0 bridgehead atoms. The van der Waals surface area contributed by atoms with E-state index in [0.717, 1.165) is 29.9 Å². The number of benzene rings is 1. The summed E-state index contributed by atoms with van der Waals surface area (Å²) in [6.07, 6.45) is 9.77. The zero-order chi connectivity index (χ0) is 18.4. The molecule has 0 radical (unpaired) electrons. The Kier molecular flexibility index (Phi) is 6.00. The van der Waals surface area contributed by atoms with Crippen molar-refractivity contribution >= 4 is 17.3 Å². The van der Waals surface area contributed by atoms with E-state index in [2.05, 4.69) is 40.4 Å². The van der Waals surface area contributed by atoms with Crippen LogP contribution < -0.4 is 5.32 Å². The highest BCUT2D eigenvalue weighted by Crippen LogP contribution is 2.22. The van der Waals surface area contributed by atoms with Gasteiger partial charge in [-0.2, -0.15) is 0 Å². The van der Waals surface area contributed by atoms with Crippen molar-refractivity contribution in [2.45, 2.75) is 39.5 Å². The number of unbranched alkanes of at least 4 members (excludes halogenated alkanes) is 1. The Morgan fingerprint density at radius 2 is 1.96 bits per heavy atom. The van der Waals surface area contributed by atoms with Crippen molar-refractivity contribution in [1.29, 1.82) is 0 Å². The Hall–Kier alpha value is -2.69. The maximum absolute atomic E-state index is 12.5. The molecule has 1 N–H and O–H groups in total. The predicted octanol–water partition coefficient (Wildman–Crippen LogP) is 4.45. The van der Waals surface area contributed by atoms with Crippen molar-refractivity contribution in [3.63, 3.8) is 0 Å². The third kappa shape index (κ3) is 4.48. The summed E-state index contributed by atoms with van der Waals surface area (Å²) in [6, 6.07) is 8.10. The van der Waals surface area contributed by atoms with E-state index in [1.54, 1.807) is 12.4 Å². The van der Waals surface area contributed by atoms with Gasteiger partial charge in [0, 0.05) is 31.2 Å². The Morgan fingerprint density at radius 3 is 2.62 bits per heavy atom. The molecule has 5 nitrogen and oxygen atoms in total. The van der Waals surface area contributed by atoms with E-state index in [9.17, 15) is 4.79 Å². The highest BCUT2D eigenvalue weighted by Gasteiger charge is 2.19. The summed E-state index contributed by atoms with van der Waals surface area (Å²) in [5.41, 5.74) is 5.19. The van der Waals surface area contributed by atoms with Gasteiger partial charge in [0.25, 0.3) is 0 Å². The van der Waals surface area contributed by atoms with Crippen LogP contribution in [0.2, 0.25) is 0 Å². The molecule has 0 saturated heterocycles. The number of amides is 2. The Labute approximate surface area is 155 Å². The number of aryl methyl sites for hydroxylation is 2. The fourth-order valence-electron chi connectivity index (χ4n) is 3.13. The van der Waals surface area contributed by atoms with Crippen LogP contribution in [-0.4, -0.2) is 34.0 Å². The van der Waals surface area contributed by atoms with Gasteiger partial charge in [-0.15, -0.1) is 0 Å². The van der Waals surface area contributed by atoms with Gasteiger partial charge in [-0.1, -0.05) is 31.6 Å². The number of anilines is 1. The van der Waals surface area contributed by atoms with Gasteiger partial charge < -0.3 is 10.2 Å². The molecule has 0 fully saturated rings.